The summed E-state index contributed by atoms with van der Waals surface area (Å²) in [6.07, 6.45) is 0. The fraction of sp³-hybridized carbons (Fsp3) is 0.320. The number of urea groups is 1. The molecule has 7 nitrogen and oxygen atoms in total. The first-order chi connectivity index (χ1) is 16.6. The molecule has 3 rings (SSSR count). The van der Waals surface area contributed by atoms with Crippen molar-refractivity contribution in [1.82, 2.24) is 10.2 Å². The standard InChI is InChI=1S/C25H28ClFN4O3S/c1-5-31-15(4)21(23(32)34-13-14(2)3)22(30-25(31)35)16-6-8-17(9-7-16)28-24(33)29-18-10-11-20(27)19(26)12-18/h6-12,14,22H,5,13H2,1-4H3,(H,30,35)(H2,28,29,33). The van der Waals surface area contributed by atoms with Gasteiger partial charge in [0.25, 0.3) is 0 Å². The van der Waals surface area contributed by atoms with E-state index in [2.05, 4.69) is 16.0 Å². The van der Waals surface area contributed by atoms with E-state index in [1.165, 1.54) is 18.2 Å². The number of esters is 1. The summed E-state index contributed by atoms with van der Waals surface area (Å²) in [6.45, 7) is 8.70. The smallest absolute Gasteiger partial charge is 0.338 e. The molecule has 0 radical (unpaired) electrons. The van der Waals surface area contributed by atoms with Gasteiger partial charge in [-0.2, -0.15) is 0 Å². The number of anilines is 2. The van der Waals surface area contributed by atoms with E-state index in [-0.39, 0.29) is 10.9 Å². The summed E-state index contributed by atoms with van der Waals surface area (Å²) in [5.74, 6) is -0.752. The van der Waals surface area contributed by atoms with Gasteiger partial charge in [0, 0.05) is 23.6 Å². The van der Waals surface area contributed by atoms with E-state index in [4.69, 9.17) is 28.6 Å². The van der Waals surface area contributed by atoms with Gasteiger partial charge in [-0.05, 0) is 67.9 Å². The number of allylic oxidation sites excluding steroid dienone is 1. The molecule has 1 unspecified atom stereocenters. The zero-order chi connectivity index (χ0) is 25.7. The number of nitrogens with one attached hydrogen (secondary N) is 3. The zero-order valence-electron chi connectivity index (χ0n) is 19.9. The van der Waals surface area contributed by atoms with Gasteiger partial charge >= 0.3 is 12.0 Å². The first-order valence-electron chi connectivity index (χ1n) is 11.2. The molecule has 0 aromatic heterocycles. The van der Waals surface area contributed by atoms with Crippen molar-refractivity contribution >= 4 is 52.3 Å². The van der Waals surface area contributed by atoms with Gasteiger partial charge in [0.15, 0.2) is 5.11 Å². The number of benzene rings is 2. The Bertz CT molecular complexity index is 1150. The van der Waals surface area contributed by atoms with Crippen molar-refractivity contribution in [3.8, 4) is 0 Å². The maximum atomic E-state index is 13.3. The molecule has 1 heterocycles. The summed E-state index contributed by atoms with van der Waals surface area (Å²) < 4.78 is 18.8. The Morgan fingerprint density at radius 3 is 2.40 bits per heavy atom. The van der Waals surface area contributed by atoms with Crippen LogP contribution in [0.3, 0.4) is 0 Å². The number of thiocarbonyl (C=S) groups is 1. The molecule has 0 bridgehead atoms. The molecule has 186 valence electrons. The minimum atomic E-state index is -0.567. The van der Waals surface area contributed by atoms with Crippen molar-refractivity contribution in [2.24, 2.45) is 5.92 Å². The Balaban J connectivity index is 1.78. The average molecular weight is 519 g/mol. The van der Waals surface area contributed by atoms with Crippen molar-refractivity contribution in [2.45, 2.75) is 33.7 Å². The Kier molecular flexibility index (Phi) is 8.69. The van der Waals surface area contributed by atoms with Gasteiger partial charge in [0.2, 0.25) is 0 Å². The first-order valence-corrected chi connectivity index (χ1v) is 12.0. The molecular formula is C25H28ClFN4O3S. The number of carbonyl (C=O) groups is 2. The highest BCUT2D eigenvalue weighted by atomic mass is 35.5. The van der Waals surface area contributed by atoms with Crippen LogP contribution in [0.1, 0.15) is 39.3 Å². The molecule has 0 spiro atoms. The first kappa shape index (κ1) is 26.4. The lowest BCUT2D eigenvalue weighted by atomic mass is 9.95. The van der Waals surface area contributed by atoms with Gasteiger partial charge in [-0.25, -0.2) is 14.0 Å². The normalized spacial score (nSPS) is 15.7. The van der Waals surface area contributed by atoms with E-state index in [1.54, 1.807) is 24.3 Å². The largest absolute Gasteiger partial charge is 0.462 e. The highest BCUT2D eigenvalue weighted by Crippen LogP contribution is 2.32. The van der Waals surface area contributed by atoms with Crippen LogP contribution in [0.4, 0.5) is 20.6 Å². The molecule has 1 aliphatic heterocycles. The summed E-state index contributed by atoms with van der Waals surface area (Å²) in [7, 11) is 0. The van der Waals surface area contributed by atoms with Crippen molar-refractivity contribution in [3.63, 3.8) is 0 Å². The van der Waals surface area contributed by atoms with Crippen molar-refractivity contribution in [3.05, 3.63) is 70.1 Å². The molecule has 0 saturated carbocycles. The zero-order valence-corrected chi connectivity index (χ0v) is 21.5. The highest BCUT2D eigenvalue weighted by molar-refractivity contribution is 7.80. The van der Waals surface area contributed by atoms with Gasteiger partial charge < -0.3 is 25.6 Å². The lowest BCUT2D eigenvalue weighted by Gasteiger charge is -2.37. The van der Waals surface area contributed by atoms with Crippen LogP contribution in [0.5, 0.6) is 0 Å². The van der Waals surface area contributed by atoms with Gasteiger partial charge in [-0.1, -0.05) is 37.6 Å². The third-order valence-electron chi connectivity index (χ3n) is 5.36. The molecule has 2 aromatic carbocycles. The Morgan fingerprint density at radius 1 is 1.17 bits per heavy atom. The minimum absolute atomic E-state index is 0.0854. The van der Waals surface area contributed by atoms with Gasteiger partial charge in [-0.15, -0.1) is 0 Å². The highest BCUT2D eigenvalue weighted by Gasteiger charge is 2.34. The summed E-state index contributed by atoms with van der Waals surface area (Å²) in [6, 6.07) is 9.95. The summed E-state index contributed by atoms with van der Waals surface area (Å²) in [4.78, 5) is 27.2. The second-order valence-corrected chi connectivity index (χ2v) is 9.24. The molecule has 35 heavy (non-hydrogen) atoms. The lowest BCUT2D eigenvalue weighted by molar-refractivity contribution is -0.140. The predicted molar refractivity (Wildman–Crippen MR) is 140 cm³/mol. The summed E-state index contributed by atoms with van der Waals surface area (Å²) in [5, 5.41) is 8.99. The number of ether oxygens (including phenoxy) is 1. The maximum absolute atomic E-state index is 13.3. The Morgan fingerprint density at radius 2 is 1.80 bits per heavy atom. The predicted octanol–water partition coefficient (Wildman–Crippen LogP) is 5.85. The van der Waals surface area contributed by atoms with Crippen LogP contribution in [0.15, 0.2) is 53.7 Å². The van der Waals surface area contributed by atoms with E-state index < -0.39 is 23.9 Å². The van der Waals surface area contributed by atoms with Crippen LogP contribution in [0, 0.1) is 11.7 Å². The van der Waals surface area contributed by atoms with E-state index in [0.29, 0.717) is 35.2 Å². The van der Waals surface area contributed by atoms with Crippen LogP contribution in [-0.2, 0) is 9.53 Å². The monoisotopic (exact) mass is 518 g/mol. The molecule has 2 aromatic rings. The van der Waals surface area contributed by atoms with Crippen molar-refractivity contribution in [1.29, 1.82) is 0 Å². The fourth-order valence-electron chi connectivity index (χ4n) is 3.62. The lowest BCUT2D eigenvalue weighted by Crippen LogP contribution is -2.47. The number of carbonyl (C=O) groups excluding carboxylic acids is 2. The van der Waals surface area contributed by atoms with Crippen LogP contribution >= 0.6 is 23.8 Å². The van der Waals surface area contributed by atoms with Gasteiger partial charge in [0.1, 0.15) is 5.82 Å². The van der Waals surface area contributed by atoms with Crippen LogP contribution in [-0.4, -0.2) is 35.2 Å². The molecule has 0 aliphatic carbocycles. The molecule has 0 saturated heterocycles. The van der Waals surface area contributed by atoms with E-state index in [9.17, 15) is 14.0 Å². The average Bonchev–Trinajstić information content (AvgIpc) is 2.80. The van der Waals surface area contributed by atoms with Crippen LogP contribution < -0.4 is 16.0 Å². The Hall–Kier alpha value is -3.17. The van der Waals surface area contributed by atoms with Crippen molar-refractivity contribution < 1.29 is 18.7 Å². The second kappa shape index (κ2) is 11.5. The number of rotatable bonds is 7. The Labute approximate surface area is 214 Å². The number of hydrogen-bond donors (Lipinski definition) is 3. The maximum Gasteiger partial charge on any atom is 0.338 e. The number of hydrogen-bond acceptors (Lipinski definition) is 4. The van der Waals surface area contributed by atoms with Gasteiger partial charge in [-0.3, -0.25) is 0 Å². The minimum Gasteiger partial charge on any atom is -0.462 e. The molecule has 1 atom stereocenters. The SMILES string of the molecule is CCN1C(=S)NC(c2ccc(NC(=O)Nc3ccc(F)c(Cl)c3)cc2)C(C(=O)OCC(C)C)=C1C. The quantitative estimate of drug-likeness (QED) is 0.315. The molecule has 10 heteroatoms. The van der Waals surface area contributed by atoms with E-state index in [0.717, 1.165) is 11.3 Å². The fourth-order valence-corrected chi connectivity index (χ4v) is 4.19. The molecule has 2 amide bonds. The third kappa shape index (κ3) is 6.49. The molecule has 1 aliphatic rings. The van der Waals surface area contributed by atoms with Crippen LogP contribution in [0.25, 0.3) is 0 Å². The third-order valence-corrected chi connectivity index (χ3v) is 5.99. The van der Waals surface area contributed by atoms with E-state index in [1.807, 2.05) is 32.6 Å². The second-order valence-electron chi connectivity index (χ2n) is 8.45. The van der Waals surface area contributed by atoms with Gasteiger partial charge in [0.05, 0.1) is 23.2 Å². The van der Waals surface area contributed by atoms with Crippen molar-refractivity contribution in [2.75, 3.05) is 23.8 Å². The molecular weight excluding hydrogens is 491 g/mol. The molecule has 0 fully saturated rings. The molecule has 3 N–H and O–H groups in total. The summed E-state index contributed by atoms with van der Waals surface area (Å²) in [5.41, 5.74) is 2.91. The number of nitrogens with zero attached hydrogens (tertiary/aromatic N) is 1. The number of amides is 2. The topological polar surface area (TPSA) is 82.7 Å². The van der Waals surface area contributed by atoms with E-state index >= 15 is 0 Å². The number of halogens is 2. The van der Waals surface area contributed by atoms with Crippen LogP contribution in [0.2, 0.25) is 5.02 Å². The summed E-state index contributed by atoms with van der Waals surface area (Å²) >= 11 is 11.3.